The number of aromatic nitrogens is 2. The number of ether oxygens (including phenoxy) is 1. The van der Waals surface area contributed by atoms with E-state index < -0.39 is 0 Å². The van der Waals surface area contributed by atoms with Crippen LogP contribution in [0.2, 0.25) is 5.02 Å². The Labute approximate surface area is 200 Å². The van der Waals surface area contributed by atoms with Gasteiger partial charge in [0.2, 0.25) is 0 Å². The van der Waals surface area contributed by atoms with Gasteiger partial charge in [0.15, 0.2) is 5.16 Å². The molecule has 32 heavy (non-hydrogen) atoms. The second kappa shape index (κ2) is 9.69. The number of hydrogen-bond donors (Lipinski definition) is 0. The Morgan fingerprint density at radius 1 is 1.06 bits per heavy atom. The lowest BCUT2D eigenvalue weighted by atomic mass is 9.97. The average molecular weight is 483 g/mol. The molecule has 1 aliphatic rings. The van der Waals surface area contributed by atoms with Crippen molar-refractivity contribution in [3.8, 4) is 11.4 Å². The molecule has 0 N–H and O–H groups in total. The summed E-state index contributed by atoms with van der Waals surface area (Å²) >= 11 is 9.46. The van der Waals surface area contributed by atoms with Gasteiger partial charge in [-0.25, -0.2) is 4.98 Å². The van der Waals surface area contributed by atoms with Crippen molar-refractivity contribution in [2.75, 3.05) is 12.4 Å². The van der Waals surface area contributed by atoms with Gasteiger partial charge >= 0.3 is 0 Å². The van der Waals surface area contributed by atoms with E-state index in [1.807, 2.05) is 54.6 Å². The molecular weight excluding hydrogens is 460 g/mol. The Kier molecular flexibility index (Phi) is 6.53. The van der Waals surface area contributed by atoms with Crippen LogP contribution in [0, 0.1) is 0 Å². The van der Waals surface area contributed by atoms with Gasteiger partial charge in [0.1, 0.15) is 10.6 Å². The first-order valence-corrected chi connectivity index (χ1v) is 13.0. The van der Waals surface area contributed by atoms with E-state index in [2.05, 4.69) is 0 Å². The van der Waals surface area contributed by atoms with E-state index in [4.69, 9.17) is 21.3 Å². The van der Waals surface area contributed by atoms with E-state index in [0.29, 0.717) is 17.4 Å². The van der Waals surface area contributed by atoms with Crippen LogP contribution >= 0.6 is 34.7 Å². The van der Waals surface area contributed by atoms with Gasteiger partial charge in [-0.3, -0.25) is 9.36 Å². The summed E-state index contributed by atoms with van der Waals surface area (Å²) < 4.78 is 7.59. The summed E-state index contributed by atoms with van der Waals surface area (Å²) in [6.07, 6.45) is 5.20. The van der Waals surface area contributed by atoms with Gasteiger partial charge in [-0.1, -0.05) is 53.7 Å². The molecule has 164 valence electrons. The number of fused-ring (bicyclic) bond motifs is 3. The van der Waals surface area contributed by atoms with E-state index in [9.17, 15) is 4.79 Å². The standard InChI is InChI=1S/C25H23ClN2O2S2/c26-19-12-5-6-13-20(19)30-15-8-16-31-25-27-23-22(18-11-4-7-14-21(18)32-23)24(29)28(25)17-9-2-1-3-10-17/h1-3,5-6,9-10,12-13H,4,7-8,11,14-16H2. The summed E-state index contributed by atoms with van der Waals surface area (Å²) in [7, 11) is 0. The Hall–Kier alpha value is -2.28. The number of benzene rings is 2. The second-order valence-electron chi connectivity index (χ2n) is 7.74. The molecule has 0 saturated carbocycles. The molecule has 4 nitrogen and oxygen atoms in total. The number of aryl methyl sites for hydroxylation is 2. The summed E-state index contributed by atoms with van der Waals surface area (Å²) in [4.78, 5) is 20.9. The second-order valence-corrected chi connectivity index (χ2v) is 10.3. The molecular formula is C25H23ClN2O2S2. The molecule has 7 heteroatoms. The number of halogens is 1. The zero-order valence-electron chi connectivity index (χ0n) is 17.6. The molecule has 0 unspecified atom stereocenters. The van der Waals surface area contributed by atoms with Crippen molar-refractivity contribution in [2.24, 2.45) is 0 Å². The highest BCUT2D eigenvalue weighted by Crippen LogP contribution is 2.35. The average Bonchev–Trinajstić information content (AvgIpc) is 3.19. The Morgan fingerprint density at radius 2 is 1.84 bits per heavy atom. The summed E-state index contributed by atoms with van der Waals surface area (Å²) in [6, 6.07) is 17.3. The van der Waals surface area contributed by atoms with Crippen molar-refractivity contribution >= 4 is 44.9 Å². The van der Waals surface area contributed by atoms with Crippen LogP contribution < -0.4 is 10.3 Å². The van der Waals surface area contributed by atoms with Crippen LogP contribution in [0.5, 0.6) is 5.75 Å². The zero-order valence-corrected chi connectivity index (χ0v) is 19.9. The van der Waals surface area contributed by atoms with Gasteiger partial charge in [0.25, 0.3) is 5.56 Å². The maximum atomic E-state index is 13.7. The van der Waals surface area contributed by atoms with Crippen LogP contribution in [0.3, 0.4) is 0 Å². The molecule has 0 atom stereocenters. The first kappa shape index (κ1) is 21.6. The predicted octanol–water partition coefficient (Wildman–Crippen LogP) is 6.54. The van der Waals surface area contributed by atoms with Crippen LogP contribution in [0.4, 0.5) is 0 Å². The number of para-hydroxylation sites is 2. The molecule has 2 aromatic heterocycles. The summed E-state index contributed by atoms with van der Waals surface area (Å²) in [5.41, 5.74) is 2.14. The smallest absolute Gasteiger partial charge is 0.267 e. The number of thioether (sulfide) groups is 1. The Balaban J connectivity index is 1.41. The lowest BCUT2D eigenvalue weighted by molar-refractivity contribution is 0.319. The van der Waals surface area contributed by atoms with Gasteiger partial charge in [-0.05, 0) is 61.9 Å². The third-order valence-corrected chi connectivity index (χ3v) is 8.11. The lowest BCUT2D eigenvalue weighted by Crippen LogP contribution is -2.22. The quantitative estimate of drug-likeness (QED) is 0.170. The Morgan fingerprint density at radius 3 is 2.69 bits per heavy atom. The fourth-order valence-electron chi connectivity index (χ4n) is 4.05. The SMILES string of the molecule is O=c1c2c3c(sc2nc(SCCCOc2ccccc2Cl)n1-c1ccccc1)CCCC3. The fourth-order valence-corrected chi connectivity index (χ4v) is 6.47. The largest absolute Gasteiger partial charge is 0.492 e. The fraction of sp³-hybridized carbons (Fsp3) is 0.280. The van der Waals surface area contributed by atoms with Gasteiger partial charge < -0.3 is 4.74 Å². The highest BCUT2D eigenvalue weighted by atomic mass is 35.5. The molecule has 2 heterocycles. The van der Waals surface area contributed by atoms with E-state index in [0.717, 1.165) is 52.5 Å². The molecule has 0 spiro atoms. The van der Waals surface area contributed by atoms with E-state index in [1.54, 1.807) is 27.7 Å². The van der Waals surface area contributed by atoms with Crippen LogP contribution in [0.1, 0.15) is 29.7 Å². The lowest BCUT2D eigenvalue weighted by Gasteiger charge is -2.14. The first-order chi connectivity index (χ1) is 15.7. The van der Waals surface area contributed by atoms with Crippen molar-refractivity contribution in [2.45, 2.75) is 37.3 Å². The molecule has 4 aromatic rings. The minimum Gasteiger partial charge on any atom is -0.492 e. The van der Waals surface area contributed by atoms with Crippen molar-refractivity contribution in [1.29, 1.82) is 0 Å². The van der Waals surface area contributed by atoms with E-state index in [1.165, 1.54) is 16.9 Å². The van der Waals surface area contributed by atoms with Gasteiger partial charge in [-0.2, -0.15) is 0 Å². The highest BCUT2D eigenvalue weighted by molar-refractivity contribution is 7.99. The minimum atomic E-state index is 0.0513. The first-order valence-electron chi connectivity index (χ1n) is 10.9. The van der Waals surface area contributed by atoms with Crippen LogP contribution in [-0.4, -0.2) is 21.9 Å². The molecule has 0 amide bonds. The molecule has 2 aromatic carbocycles. The Bertz CT molecular complexity index is 1300. The number of thiophene rings is 1. The number of nitrogens with zero attached hydrogens (tertiary/aromatic N) is 2. The molecule has 1 aliphatic carbocycles. The third-order valence-electron chi connectivity index (χ3n) is 5.59. The van der Waals surface area contributed by atoms with Gasteiger partial charge in [0.05, 0.1) is 22.7 Å². The highest BCUT2D eigenvalue weighted by Gasteiger charge is 2.22. The van der Waals surface area contributed by atoms with Crippen LogP contribution in [-0.2, 0) is 12.8 Å². The van der Waals surface area contributed by atoms with Crippen LogP contribution in [0.15, 0.2) is 64.5 Å². The van der Waals surface area contributed by atoms with Crippen molar-refractivity contribution in [3.05, 3.63) is 80.4 Å². The van der Waals surface area contributed by atoms with Crippen molar-refractivity contribution in [1.82, 2.24) is 9.55 Å². The molecule has 0 bridgehead atoms. The molecule has 0 radical (unpaired) electrons. The van der Waals surface area contributed by atoms with Crippen molar-refractivity contribution < 1.29 is 4.74 Å². The number of rotatable bonds is 7. The van der Waals surface area contributed by atoms with Gasteiger partial charge in [-0.15, -0.1) is 11.3 Å². The predicted molar refractivity (Wildman–Crippen MR) is 134 cm³/mol. The number of hydrogen-bond acceptors (Lipinski definition) is 5. The van der Waals surface area contributed by atoms with E-state index in [-0.39, 0.29) is 5.56 Å². The van der Waals surface area contributed by atoms with Gasteiger partial charge in [0, 0.05) is 10.6 Å². The van der Waals surface area contributed by atoms with Crippen molar-refractivity contribution in [3.63, 3.8) is 0 Å². The minimum absolute atomic E-state index is 0.0513. The van der Waals surface area contributed by atoms with E-state index >= 15 is 0 Å². The molecule has 5 rings (SSSR count). The monoisotopic (exact) mass is 482 g/mol. The summed E-state index contributed by atoms with van der Waals surface area (Å²) in [6.45, 7) is 0.557. The summed E-state index contributed by atoms with van der Waals surface area (Å²) in [5, 5.41) is 2.18. The topological polar surface area (TPSA) is 44.1 Å². The maximum absolute atomic E-state index is 13.7. The molecule has 0 fully saturated rings. The molecule has 0 saturated heterocycles. The third kappa shape index (κ3) is 4.32. The summed E-state index contributed by atoms with van der Waals surface area (Å²) in [5.74, 6) is 1.49. The zero-order chi connectivity index (χ0) is 21.9. The molecule has 0 aliphatic heterocycles. The van der Waals surface area contributed by atoms with Crippen LogP contribution in [0.25, 0.3) is 15.9 Å². The maximum Gasteiger partial charge on any atom is 0.267 e. The normalized spacial score (nSPS) is 13.3.